The summed E-state index contributed by atoms with van der Waals surface area (Å²) in [4.78, 5) is 17.3. The van der Waals surface area contributed by atoms with E-state index >= 15 is 0 Å². The predicted octanol–water partition coefficient (Wildman–Crippen LogP) is 2.62. The van der Waals surface area contributed by atoms with Crippen molar-refractivity contribution in [3.8, 4) is 0 Å². The lowest BCUT2D eigenvalue weighted by Crippen LogP contribution is -2.07. The fourth-order valence-corrected chi connectivity index (χ4v) is 2.37. The number of hydrogen-bond donors (Lipinski definition) is 0. The summed E-state index contributed by atoms with van der Waals surface area (Å²) in [5.41, 5.74) is 2.63. The zero-order chi connectivity index (χ0) is 15.7. The van der Waals surface area contributed by atoms with E-state index in [0.717, 1.165) is 16.5 Å². The van der Waals surface area contributed by atoms with Crippen molar-refractivity contribution < 1.29 is 9.53 Å². The highest BCUT2D eigenvalue weighted by atomic mass is 35.5. The van der Waals surface area contributed by atoms with Crippen LogP contribution >= 0.6 is 11.6 Å². The van der Waals surface area contributed by atoms with Crippen LogP contribution in [0.5, 0.6) is 0 Å². The summed E-state index contributed by atoms with van der Waals surface area (Å²) in [6, 6.07) is 7.69. The van der Waals surface area contributed by atoms with Crippen LogP contribution < -0.4 is 0 Å². The van der Waals surface area contributed by atoms with Crippen LogP contribution in [0.1, 0.15) is 21.7 Å². The number of hydrogen-bond acceptors (Lipinski definition) is 5. The van der Waals surface area contributed by atoms with Crippen molar-refractivity contribution in [2.24, 2.45) is 0 Å². The van der Waals surface area contributed by atoms with Crippen LogP contribution in [0.15, 0.2) is 30.5 Å². The Morgan fingerprint density at radius 3 is 2.91 bits per heavy atom. The zero-order valence-corrected chi connectivity index (χ0v) is 12.8. The molecule has 3 aromatic rings. The summed E-state index contributed by atoms with van der Waals surface area (Å²) in [5.74, 6) is -0.488. The van der Waals surface area contributed by atoms with Gasteiger partial charge in [-0.25, -0.2) is 4.79 Å². The number of carbonyl (C=O) groups is 1. The molecule has 0 aliphatic carbocycles. The van der Waals surface area contributed by atoms with Gasteiger partial charge >= 0.3 is 5.97 Å². The van der Waals surface area contributed by atoms with E-state index in [-0.39, 0.29) is 5.69 Å². The summed E-state index contributed by atoms with van der Waals surface area (Å²) < 4.78 is 4.67. The average Bonchev–Trinajstić information content (AvgIpc) is 2.86. The molecule has 0 radical (unpaired) electrons. The molecule has 2 heterocycles. The van der Waals surface area contributed by atoms with E-state index < -0.39 is 5.97 Å². The van der Waals surface area contributed by atoms with E-state index in [4.69, 9.17) is 11.6 Å². The van der Waals surface area contributed by atoms with Crippen molar-refractivity contribution >= 4 is 28.5 Å². The van der Waals surface area contributed by atoms with Crippen molar-refractivity contribution in [2.45, 2.75) is 13.5 Å². The minimum absolute atomic E-state index is 0.230. The Kier molecular flexibility index (Phi) is 3.77. The lowest BCUT2D eigenvalue weighted by Gasteiger charge is -2.03. The minimum atomic E-state index is -0.488. The molecule has 0 N–H and O–H groups in total. The van der Waals surface area contributed by atoms with Crippen LogP contribution in [0.2, 0.25) is 5.02 Å². The van der Waals surface area contributed by atoms with Crippen LogP contribution in [0.25, 0.3) is 10.9 Å². The topological polar surface area (TPSA) is 69.9 Å². The van der Waals surface area contributed by atoms with Gasteiger partial charge in [0.05, 0.1) is 29.9 Å². The molecule has 0 aliphatic heterocycles. The molecule has 1 aromatic carbocycles. The maximum Gasteiger partial charge on any atom is 0.360 e. The number of fused-ring (bicyclic) bond motifs is 1. The minimum Gasteiger partial charge on any atom is -0.464 e. The Balaban J connectivity index is 1.91. The Bertz CT molecular complexity index is 860. The van der Waals surface area contributed by atoms with Crippen molar-refractivity contribution in [1.82, 2.24) is 20.0 Å². The van der Waals surface area contributed by atoms with E-state index in [1.54, 1.807) is 13.1 Å². The molecule has 0 saturated heterocycles. The quantitative estimate of drug-likeness (QED) is 0.695. The molecule has 0 atom stereocenters. The molecule has 3 rings (SSSR count). The fourth-order valence-electron chi connectivity index (χ4n) is 2.20. The Morgan fingerprint density at radius 2 is 2.14 bits per heavy atom. The van der Waals surface area contributed by atoms with Gasteiger partial charge in [0.1, 0.15) is 0 Å². The number of methoxy groups -OCH3 is 1. The molecule has 0 aliphatic rings. The van der Waals surface area contributed by atoms with Crippen molar-refractivity contribution in [3.63, 3.8) is 0 Å². The van der Waals surface area contributed by atoms with Gasteiger partial charge < -0.3 is 4.74 Å². The Morgan fingerprint density at radius 1 is 1.32 bits per heavy atom. The molecular weight excluding hydrogens is 304 g/mol. The number of benzene rings is 1. The first kappa shape index (κ1) is 14.5. The highest BCUT2D eigenvalue weighted by molar-refractivity contribution is 6.31. The summed E-state index contributed by atoms with van der Waals surface area (Å²) >= 11 is 5.96. The second kappa shape index (κ2) is 5.73. The third-order valence-electron chi connectivity index (χ3n) is 3.24. The predicted molar refractivity (Wildman–Crippen MR) is 82.0 cm³/mol. The number of pyridine rings is 1. The Hall–Kier alpha value is -2.47. The van der Waals surface area contributed by atoms with Gasteiger partial charge in [-0.15, -0.1) is 5.10 Å². The number of carbonyl (C=O) groups excluding carboxylic acids is 1. The summed E-state index contributed by atoms with van der Waals surface area (Å²) in [5, 5.41) is 9.93. The molecule has 112 valence electrons. The molecule has 2 aromatic heterocycles. The highest BCUT2D eigenvalue weighted by Crippen LogP contribution is 2.18. The van der Waals surface area contributed by atoms with Gasteiger partial charge in [-0.2, -0.15) is 9.90 Å². The van der Waals surface area contributed by atoms with E-state index in [0.29, 0.717) is 17.3 Å². The van der Waals surface area contributed by atoms with Crippen LogP contribution in [0.3, 0.4) is 0 Å². The molecule has 0 fully saturated rings. The van der Waals surface area contributed by atoms with E-state index in [2.05, 4.69) is 19.9 Å². The standard InChI is InChI=1S/C15H13ClN4O2/c1-9-14(15(21)22-2)19-20(18-9)8-10-3-4-13-11(5-10)6-12(16)7-17-13/h3-7H,8H2,1-2H3. The molecule has 0 unspecified atom stereocenters. The largest absolute Gasteiger partial charge is 0.464 e. The maximum atomic E-state index is 11.6. The molecule has 0 bridgehead atoms. The smallest absolute Gasteiger partial charge is 0.360 e. The zero-order valence-electron chi connectivity index (χ0n) is 12.1. The van der Waals surface area contributed by atoms with Crippen LogP contribution in [0.4, 0.5) is 0 Å². The second-order valence-electron chi connectivity index (χ2n) is 4.84. The maximum absolute atomic E-state index is 11.6. The lowest BCUT2D eigenvalue weighted by molar-refractivity contribution is 0.0592. The highest BCUT2D eigenvalue weighted by Gasteiger charge is 2.15. The molecule has 0 spiro atoms. The number of esters is 1. The van der Waals surface area contributed by atoms with Crippen molar-refractivity contribution in [2.75, 3.05) is 7.11 Å². The van der Waals surface area contributed by atoms with Crippen LogP contribution in [-0.4, -0.2) is 33.1 Å². The van der Waals surface area contributed by atoms with Gasteiger partial charge in [0.2, 0.25) is 0 Å². The molecule has 0 amide bonds. The summed E-state index contributed by atoms with van der Waals surface area (Å²) in [6.07, 6.45) is 1.62. The number of aryl methyl sites for hydroxylation is 1. The fraction of sp³-hybridized carbons (Fsp3) is 0.200. The van der Waals surface area contributed by atoms with E-state index in [1.165, 1.54) is 11.9 Å². The monoisotopic (exact) mass is 316 g/mol. The van der Waals surface area contributed by atoms with Gasteiger partial charge in [0, 0.05) is 11.6 Å². The van der Waals surface area contributed by atoms with Crippen molar-refractivity contribution in [1.29, 1.82) is 0 Å². The number of aromatic nitrogens is 4. The van der Waals surface area contributed by atoms with Gasteiger partial charge in [-0.1, -0.05) is 17.7 Å². The molecule has 7 heteroatoms. The molecule has 22 heavy (non-hydrogen) atoms. The summed E-state index contributed by atoms with van der Waals surface area (Å²) in [7, 11) is 1.32. The van der Waals surface area contributed by atoms with Gasteiger partial charge in [0.25, 0.3) is 0 Å². The molecule has 6 nitrogen and oxygen atoms in total. The number of nitrogens with zero attached hydrogens (tertiary/aromatic N) is 4. The first-order chi connectivity index (χ1) is 10.6. The number of rotatable bonds is 3. The van der Waals surface area contributed by atoms with Crippen molar-refractivity contribution in [3.05, 3.63) is 52.4 Å². The first-order valence-electron chi connectivity index (χ1n) is 6.61. The second-order valence-corrected chi connectivity index (χ2v) is 5.27. The number of ether oxygens (including phenoxy) is 1. The molecular formula is C15H13ClN4O2. The third kappa shape index (κ3) is 2.78. The third-order valence-corrected chi connectivity index (χ3v) is 3.45. The van der Waals surface area contributed by atoms with E-state index in [1.807, 2.05) is 24.3 Å². The van der Waals surface area contributed by atoms with Crippen LogP contribution in [-0.2, 0) is 11.3 Å². The number of halogens is 1. The Labute approximate surface area is 131 Å². The SMILES string of the molecule is COC(=O)c1nn(Cc2ccc3ncc(Cl)cc3c2)nc1C. The van der Waals surface area contributed by atoms with Crippen LogP contribution in [0, 0.1) is 6.92 Å². The lowest BCUT2D eigenvalue weighted by atomic mass is 10.1. The van der Waals surface area contributed by atoms with Gasteiger partial charge in [-0.3, -0.25) is 4.98 Å². The van der Waals surface area contributed by atoms with Gasteiger partial charge in [0.15, 0.2) is 5.69 Å². The normalized spacial score (nSPS) is 10.9. The first-order valence-corrected chi connectivity index (χ1v) is 6.99. The van der Waals surface area contributed by atoms with Gasteiger partial charge in [-0.05, 0) is 30.7 Å². The molecule has 0 saturated carbocycles. The van der Waals surface area contributed by atoms with E-state index in [9.17, 15) is 4.79 Å². The summed E-state index contributed by atoms with van der Waals surface area (Å²) in [6.45, 7) is 2.17. The average molecular weight is 317 g/mol.